The minimum absolute atomic E-state index is 0.156. The van der Waals surface area contributed by atoms with Crippen LogP contribution in [-0.2, 0) is 38.0 Å². The molecule has 0 radical (unpaired) electrons. The Balaban J connectivity index is 1.68. The lowest BCUT2D eigenvalue weighted by Crippen LogP contribution is -2.70. The normalized spacial score (nSPS) is 51.1. The largest absolute Gasteiger partial charge is 0.394 e. The van der Waals surface area contributed by atoms with Gasteiger partial charge in [0.1, 0.15) is 73.2 Å². The SMILES string of the molecule is CC(=O)N[C@@H]1[C@@H](O[C@@H]2O[C@H](CO)[C@H](O)[C@H](O)[C@H]2O[C@@H]2O[C@@H](C)[C@@H](O)C[C@@H]2O)[C@H](O[C@@H]2O[C@@H](C)[C@@H](O)[C@@H](O)[C@@H]2O)[C@@H](CO)O[C@H]1O. The van der Waals surface area contributed by atoms with Gasteiger partial charge in [-0.3, -0.25) is 4.79 Å². The van der Waals surface area contributed by atoms with E-state index in [1.807, 2.05) is 0 Å². The predicted molar refractivity (Wildman–Crippen MR) is 141 cm³/mol. The van der Waals surface area contributed by atoms with Crippen molar-refractivity contribution in [3.05, 3.63) is 0 Å². The zero-order valence-electron chi connectivity index (χ0n) is 24.8. The van der Waals surface area contributed by atoms with Crippen LogP contribution in [0, 0.1) is 0 Å². The van der Waals surface area contributed by atoms with Crippen molar-refractivity contribution in [2.75, 3.05) is 13.2 Å². The molecule has 0 bridgehead atoms. The van der Waals surface area contributed by atoms with Gasteiger partial charge in [0.15, 0.2) is 25.2 Å². The van der Waals surface area contributed by atoms with Crippen LogP contribution >= 0.6 is 0 Å². The predicted octanol–water partition coefficient (Wildman–Crippen LogP) is -6.52. The van der Waals surface area contributed by atoms with E-state index in [-0.39, 0.29) is 6.42 Å². The van der Waals surface area contributed by atoms with Crippen molar-refractivity contribution < 1.29 is 89.0 Å². The first-order chi connectivity index (χ1) is 21.2. The van der Waals surface area contributed by atoms with Crippen LogP contribution in [0.3, 0.4) is 0 Å². The second-order valence-corrected chi connectivity index (χ2v) is 11.7. The lowest BCUT2D eigenvalue weighted by molar-refractivity contribution is -0.386. The summed E-state index contributed by atoms with van der Waals surface area (Å²) in [5.41, 5.74) is 0. The summed E-state index contributed by atoms with van der Waals surface area (Å²) >= 11 is 0. The molecule has 11 N–H and O–H groups in total. The number of nitrogens with one attached hydrogen (secondary N) is 1. The van der Waals surface area contributed by atoms with Crippen LogP contribution in [0.4, 0.5) is 0 Å². The maximum atomic E-state index is 12.2. The van der Waals surface area contributed by atoms with E-state index in [9.17, 15) is 55.9 Å². The van der Waals surface area contributed by atoms with Gasteiger partial charge in [0, 0.05) is 13.3 Å². The van der Waals surface area contributed by atoms with Crippen LogP contribution in [0.2, 0.25) is 0 Å². The van der Waals surface area contributed by atoms with Gasteiger partial charge in [-0.25, -0.2) is 0 Å². The molecule has 0 aromatic heterocycles. The Morgan fingerprint density at radius 1 is 0.644 bits per heavy atom. The minimum Gasteiger partial charge on any atom is -0.394 e. The van der Waals surface area contributed by atoms with E-state index in [2.05, 4.69) is 5.32 Å². The van der Waals surface area contributed by atoms with Crippen molar-refractivity contribution in [1.82, 2.24) is 5.32 Å². The zero-order chi connectivity index (χ0) is 33.3. The Hall–Kier alpha value is -1.21. The van der Waals surface area contributed by atoms with Gasteiger partial charge < -0.3 is 89.5 Å². The molecule has 45 heavy (non-hydrogen) atoms. The molecule has 4 fully saturated rings. The highest BCUT2D eigenvalue weighted by atomic mass is 16.8. The molecule has 4 saturated heterocycles. The molecule has 0 spiro atoms. The summed E-state index contributed by atoms with van der Waals surface area (Å²) in [7, 11) is 0. The number of carbonyl (C=O) groups excluding carboxylic acids is 1. The number of aliphatic hydroxyl groups excluding tert-OH is 10. The van der Waals surface area contributed by atoms with E-state index < -0.39 is 136 Å². The summed E-state index contributed by atoms with van der Waals surface area (Å²) in [6.45, 7) is 2.42. The highest BCUT2D eigenvalue weighted by molar-refractivity contribution is 5.73. The molecule has 4 rings (SSSR count). The monoisotopic (exact) mass is 659 g/mol. The van der Waals surface area contributed by atoms with E-state index in [4.69, 9.17) is 33.2 Å². The van der Waals surface area contributed by atoms with Crippen LogP contribution in [0.15, 0.2) is 0 Å². The van der Waals surface area contributed by atoms with E-state index in [0.717, 1.165) is 6.92 Å². The van der Waals surface area contributed by atoms with Gasteiger partial charge in [-0.15, -0.1) is 0 Å². The molecule has 0 unspecified atom stereocenters. The smallest absolute Gasteiger partial charge is 0.217 e. The maximum absolute atomic E-state index is 12.2. The maximum Gasteiger partial charge on any atom is 0.217 e. The van der Waals surface area contributed by atoms with Crippen molar-refractivity contribution >= 4 is 5.91 Å². The quantitative estimate of drug-likeness (QED) is 0.110. The highest BCUT2D eigenvalue weighted by Gasteiger charge is 2.55. The highest BCUT2D eigenvalue weighted by Crippen LogP contribution is 2.35. The summed E-state index contributed by atoms with van der Waals surface area (Å²) in [4.78, 5) is 12.2. The Morgan fingerprint density at radius 3 is 1.87 bits per heavy atom. The van der Waals surface area contributed by atoms with Crippen LogP contribution in [0.5, 0.6) is 0 Å². The third kappa shape index (κ3) is 7.92. The average Bonchev–Trinajstić information content (AvgIpc) is 2.99. The summed E-state index contributed by atoms with van der Waals surface area (Å²) in [5.74, 6) is -0.675. The molecule has 1 amide bonds. The molecule has 19 atom stereocenters. The molecular weight excluding hydrogens is 614 g/mol. The van der Waals surface area contributed by atoms with Gasteiger partial charge in [-0.05, 0) is 13.8 Å². The topological polar surface area (TPSA) is 296 Å². The zero-order valence-corrected chi connectivity index (χ0v) is 24.8. The van der Waals surface area contributed by atoms with Gasteiger partial charge in [0.05, 0.1) is 31.5 Å². The Labute approximate surface area is 257 Å². The third-order valence-corrected chi connectivity index (χ3v) is 8.41. The Bertz CT molecular complexity index is 965. The first-order valence-corrected chi connectivity index (χ1v) is 14.7. The van der Waals surface area contributed by atoms with E-state index in [1.165, 1.54) is 13.8 Å². The van der Waals surface area contributed by atoms with Gasteiger partial charge in [-0.1, -0.05) is 0 Å². The number of rotatable bonds is 9. The van der Waals surface area contributed by atoms with E-state index >= 15 is 0 Å². The van der Waals surface area contributed by atoms with Gasteiger partial charge in [0.25, 0.3) is 0 Å². The molecule has 4 heterocycles. The molecule has 19 nitrogen and oxygen atoms in total. The number of hydrogen-bond acceptors (Lipinski definition) is 18. The molecule has 0 aromatic carbocycles. The Morgan fingerprint density at radius 2 is 1.24 bits per heavy atom. The average molecular weight is 660 g/mol. The second-order valence-electron chi connectivity index (χ2n) is 11.7. The lowest BCUT2D eigenvalue weighted by Gasteiger charge is -2.50. The summed E-state index contributed by atoms with van der Waals surface area (Å²) in [6, 6.07) is -1.49. The first-order valence-electron chi connectivity index (χ1n) is 14.7. The van der Waals surface area contributed by atoms with Crippen molar-refractivity contribution in [3.63, 3.8) is 0 Å². The minimum atomic E-state index is -1.84. The van der Waals surface area contributed by atoms with Crippen LogP contribution in [0.25, 0.3) is 0 Å². The summed E-state index contributed by atoms with van der Waals surface area (Å²) < 4.78 is 40.1. The molecule has 4 aliphatic heterocycles. The van der Waals surface area contributed by atoms with Crippen molar-refractivity contribution in [2.24, 2.45) is 0 Å². The van der Waals surface area contributed by atoms with Crippen LogP contribution in [0.1, 0.15) is 27.2 Å². The van der Waals surface area contributed by atoms with E-state index in [0.29, 0.717) is 0 Å². The fourth-order valence-corrected chi connectivity index (χ4v) is 5.75. The molecule has 0 aliphatic carbocycles. The second kappa shape index (κ2) is 15.3. The standard InChI is InChI=1S/C26H45NO18/c1-7-10(31)4-11(32)24(39-7)45-22-18(36)16(34)12(5-28)42-26(22)44-21-14(27-9(3)30)23(38)41-13(6-29)20(21)43-25-19(37)17(35)15(33)8(2)40-25/h7-8,10-26,28-29,31-38H,4-6H2,1-3H3,(H,27,30)/t7-,8-,10-,11-,12+,13+,14+,15+,16-,17+,18-,19-,20+,21+,22+,23+,24-,25-,26-/m0/s1. The van der Waals surface area contributed by atoms with Crippen LogP contribution < -0.4 is 5.32 Å². The fourth-order valence-electron chi connectivity index (χ4n) is 5.75. The number of hydrogen-bond donors (Lipinski definition) is 11. The summed E-state index contributed by atoms with van der Waals surface area (Å²) in [6.07, 6.45) is -27.4. The number of ether oxygens (including phenoxy) is 7. The third-order valence-electron chi connectivity index (χ3n) is 8.41. The lowest BCUT2D eigenvalue weighted by atomic mass is 9.94. The number of amides is 1. The van der Waals surface area contributed by atoms with Gasteiger partial charge >= 0.3 is 0 Å². The molecule has 19 heteroatoms. The van der Waals surface area contributed by atoms with Crippen molar-refractivity contribution in [1.29, 1.82) is 0 Å². The van der Waals surface area contributed by atoms with Gasteiger partial charge in [0.2, 0.25) is 5.91 Å². The summed E-state index contributed by atoms with van der Waals surface area (Å²) in [5, 5.41) is 106. The molecule has 0 saturated carbocycles. The number of aliphatic hydroxyl groups is 10. The van der Waals surface area contributed by atoms with Crippen molar-refractivity contribution in [2.45, 2.75) is 144 Å². The molecular formula is C26H45NO18. The van der Waals surface area contributed by atoms with Crippen LogP contribution in [-0.4, -0.2) is 187 Å². The molecule has 0 aromatic rings. The fraction of sp³-hybridized carbons (Fsp3) is 0.962. The molecule has 4 aliphatic rings. The molecule has 262 valence electrons. The van der Waals surface area contributed by atoms with Crippen molar-refractivity contribution in [3.8, 4) is 0 Å². The van der Waals surface area contributed by atoms with E-state index in [1.54, 1.807) is 0 Å². The number of carbonyl (C=O) groups is 1. The Kier molecular flexibility index (Phi) is 12.5. The van der Waals surface area contributed by atoms with Gasteiger partial charge in [-0.2, -0.15) is 0 Å². The first kappa shape index (κ1) is 36.6.